The van der Waals surface area contributed by atoms with Crippen LogP contribution in [0.2, 0.25) is 5.32 Å². The van der Waals surface area contributed by atoms with Crippen LogP contribution in [0.1, 0.15) is 0 Å². The van der Waals surface area contributed by atoms with Crippen LogP contribution in [0.5, 0.6) is 0 Å². The van der Waals surface area contributed by atoms with Gasteiger partial charge in [-0.05, 0) is 0 Å². The zero-order valence-corrected chi connectivity index (χ0v) is 6.23. The van der Waals surface area contributed by atoms with Crippen molar-refractivity contribution in [3.05, 3.63) is 12.7 Å². The Bertz CT molecular complexity index is 26.1. The summed E-state index contributed by atoms with van der Waals surface area (Å²) in [6.07, 6.45) is 1.93. The van der Waals surface area contributed by atoms with E-state index in [0.29, 0.717) is 13.1 Å². The fourth-order valence-corrected chi connectivity index (χ4v) is 1.30. The zero-order chi connectivity index (χ0) is 4.12. The molecule has 2 heteroatoms. The molecule has 0 saturated carbocycles. The molecule has 0 bridgehead atoms. The molecular weight excluding hydrogens is 194 g/mol. The first-order valence-corrected chi connectivity index (χ1v) is 6.82. The van der Waals surface area contributed by atoms with Crippen molar-refractivity contribution in [3.8, 4) is 0 Å². The van der Waals surface area contributed by atoms with E-state index in [1.165, 1.54) is 0 Å². The molecule has 0 saturated heterocycles. The standard InChI is InChI=1S/C3H5Se2/c1-2-3-5-4/h2H,1,3H2. The van der Waals surface area contributed by atoms with Gasteiger partial charge >= 0.3 is 45.3 Å². The number of hydrogen-bond donors (Lipinski definition) is 0. The number of hydrogen-bond acceptors (Lipinski definition) is 0. The monoisotopic (exact) mass is 201 g/mol. The van der Waals surface area contributed by atoms with Crippen molar-refractivity contribution >= 4 is 27.3 Å². The van der Waals surface area contributed by atoms with E-state index in [1.54, 1.807) is 0 Å². The first kappa shape index (κ1) is 5.78. The first-order valence-electron chi connectivity index (χ1n) is 1.27. The molecule has 0 aromatic heterocycles. The summed E-state index contributed by atoms with van der Waals surface area (Å²) in [7, 11) is 0. The Balaban J connectivity index is 2.40. The van der Waals surface area contributed by atoms with Gasteiger partial charge < -0.3 is 0 Å². The van der Waals surface area contributed by atoms with E-state index in [-0.39, 0.29) is 0 Å². The van der Waals surface area contributed by atoms with Gasteiger partial charge in [-0.2, -0.15) is 0 Å². The molecule has 0 aromatic rings. The molecule has 0 nitrogen and oxygen atoms in total. The summed E-state index contributed by atoms with van der Waals surface area (Å²) in [6, 6.07) is 0. The molecule has 5 heavy (non-hydrogen) atoms. The van der Waals surface area contributed by atoms with Gasteiger partial charge in [0.05, 0.1) is 0 Å². The predicted octanol–water partition coefficient (Wildman–Crippen LogP) is 0.378. The quantitative estimate of drug-likeness (QED) is 0.445. The first-order chi connectivity index (χ1) is 2.41. The Kier molecular flexibility index (Phi) is 5.52. The van der Waals surface area contributed by atoms with Crippen LogP contribution in [-0.4, -0.2) is 27.3 Å². The van der Waals surface area contributed by atoms with Crippen molar-refractivity contribution in [2.45, 2.75) is 5.32 Å². The van der Waals surface area contributed by atoms with Crippen LogP contribution in [0.15, 0.2) is 12.7 Å². The second-order valence-electron chi connectivity index (χ2n) is 0.573. The van der Waals surface area contributed by atoms with E-state index in [0.717, 1.165) is 5.32 Å². The summed E-state index contributed by atoms with van der Waals surface area (Å²) in [6.45, 7) is 3.55. The van der Waals surface area contributed by atoms with Crippen LogP contribution in [0.4, 0.5) is 0 Å². The molecule has 0 unspecified atom stereocenters. The summed E-state index contributed by atoms with van der Waals surface area (Å²) in [5, 5.41) is 1.16. The van der Waals surface area contributed by atoms with Crippen LogP contribution in [0.25, 0.3) is 0 Å². The average molecular weight is 199 g/mol. The summed E-state index contributed by atoms with van der Waals surface area (Å²) < 4.78 is 0. The number of allylic oxidation sites excluding steroid dienone is 1. The second kappa shape index (κ2) is 4.78. The van der Waals surface area contributed by atoms with Crippen LogP contribution in [0.3, 0.4) is 0 Å². The minimum atomic E-state index is 0.682. The van der Waals surface area contributed by atoms with Gasteiger partial charge in [0.15, 0.2) is 0 Å². The van der Waals surface area contributed by atoms with Crippen LogP contribution >= 0.6 is 0 Å². The fourth-order valence-electron chi connectivity index (χ4n) is 0.0481. The molecule has 0 spiro atoms. The maximum atomic E-state index is 3.55. The van der Waals surface area contributed by atoms with E-state index < -0.39 is 0 Å². The third-order valence-electron chi connectivity index (χ3n) is 0.186. The molecule has 0 aliphatic carbocycles. The molecule has 0 heterocycles. The van der Waals surface area contributed by atoms with Crippen LogP contribution in [0, 0.1) is 0 Å². The summed E-state index contributed by atoms with van der Waals surface area (Å²) in [5.74, 6) is 0. The topological polar surface area (TPSA) is 0 Å². The molecule has 0 atom stereocenters. The average Bonchev–Trinajstić information content (AvgIpc) is 1.41. The van der Waals surface area contributed by atoms with Crippen molar-refractivity contribution in [3.63, 3.8) is 0 Å². The zero-order valence-electron chi connectivity index (χ0n) is 2.81. The maximum absolute atomic E-state index is 3.55. The van der Waals surface area contributed by atoms with Gasteiger partial charge in [-0.3, -0.25) is 0 Å². The molecule has 0 fully saturated rings. The third-order valence-corrected chi connectivity index (χ3v) is 2.45. The van der Waals surface area contributed by atoms with Crippen molar-refractivity contribution < 1.29 is 0 Å². The molecule has 29 valence electrons. The van der Waals surface area contributed by atoms with Crippen molar-refractivity contribution in [2.75, 3.05) is 0 Å². The van der Waals surface area contributed by atoms with Gasteiger partial charge in [-0.25, -0.2) is 0 Å². The van der Waals surface area contributed by atoms with E-state index in [4.69, 9.17) is 0 Å². The summed E-state index contributed by atoms with van der Waals surface area (Å²) >= 11 is 3.62. The third kappa shape index (κ3) is 4.78. The van der Waals surface area contributed by atoms with Gasteiger partial charge in [0.25, 0.3) is 0 Å². The van der Waals surface area contributed by atoms with E-state index in [1.807, 2.05) is 6.08 Å². The van der Waals surface area contributed by atoms with Gasteiger partial charge in [0.1, 0.15) is 0 Å². The molecular formula is C3H5Se2. The van der Waals surface area contributed by atoms with Crippen LogP contribution in [-0.2, 0) is 0 Å². The van der Waals surface area contributed by atoms with Gasteiger partial charge in [0.2, 0.25) is 0 Å². The molecule has 0 aliphatic rings. The van der Waals surface area contributed by atoms with E-state index in [9.17, 15) is 0 Å². The Hall–Kier alpha value is 0.779. The van der Waals surface area contributed by atoms with Gasteiger partial charge in [-0.1, -0.05) is 0 Å². The summed E-state index contributed by atoms with van der Waals surface area (Å²) in [4.78, 5) is 0. The molecule has 1 radical (unpaired) electrons. The Morgan fingerprint density at radius 2 is 2.60 bits per heavy atom. The van der Waals surface area contributed by atoms with Crippen molar-refractivity contribution in [1.29, 1.82) is 0 Å². The Morgan fingerprint density at radius 3 is 2.60 bits per heavy atom. The van der Waals surface area contributed by atoms with E-state index in [2.05, 4.69) is 20.8 Å². The molecule has 0 rings (SSSR count). The molecule has 0 N–H and O–H groups in total. The summed E-state index contributed by atoms with van der Waals surface area (Å²) in [5.41, 5.74) is 0. The van der Waals surface area contributed by atoms with Crippen molar-refractivity contribution in [2.24, 2.45) is 0 Å². The normalized spacial score (nSPS) is 7.40. The van der Waals surface area contributed by atoms with Gasteiger partial charge in [0, 0.05) is 0 Å². The number of rotatable bonds is 2. The minimum absolute atomic E-state index is 0.682. The SMILES string of the molecule is C=CC[Se][Se]. The Morgan fingerprint density at radius 1 is 2.00 bits per heavy atom. The molecule has 0 amide bonds. The fraction of sp³-hybridized carbons (Fsp3) is 0.333. The predicted molar refractivity (Wildman–Crippen MR) is 26.5 cm³/mol. The Labute approximate surface area is 45.5 Å². The van der Waals surface area contributed by atoms with E-state index >= 15 is 0 Å². The second-order valence-corrected chi connectivity index (χ2v) is 4.34. The van der Waals surface area contributed by atoms with Crippen LogP contribution < -0.4 is 0 Å². The van der Waals surface area contributed by atoms with Gasteiger partial charge in [-0.15, -0.1) is 0 Å². The molecule has 0 aliphatic heterocycles. The molecule has 0 aromatic carbocycles. The van der Waals surface area contributed by atoms with Crippen molar-refractivity contribution in [1.82, 2.24) is 0 Å².